The van der Waals surface area contributed by atoms with Gasteiger partial charge in [-0.05, 0) is 46.4 Å². The lowest BCUT2D eigenvalue weighted by molar-refractivity contribution is 0.222. The molecule has 21 heavy (non-hydrogen) atoms. The number of benzene rings is 1. The lowest BCUT2D eigenvalue weighted by atomic mass is 9.89. The zero-order chi connectivity index (χ0) is 15.7. The van der Waals surface area contributed by atoms with E-state index in [9.17, 15) is 5.11 Å². The molecule has 0 radical (unpaired) electrons. The van der Waals surface area contributed by atoms with Gasteiger partial charge < -0.3 is 5.11 Å². The molecular weight excluding hydrogens is 300 g/mol. The quantitative estimate of drug-likeness (QED) is 0.727. The van der Waals surface area contributed by atoms with E-state index in [4.69, 9.17) is 11.6 Å². The molecule has 1 heterocycles. The Labute approximate surface area is 136 Å². The molecule has 0 bridgehead atoms. The summed E-state index contributed by atoms with van der Waals surface area (Å²) in [5.74, 6) is 0.856. The lowest BCUT2D eigenvalue weighted by Crippen LogP contribution is -2.05. The summed E-state index contributed by atoms with van der Waals surface area (Å²) >= 11 is 7.85. The number of aliphatic hydroxyl groups is 1. The minimum Gasteiger partial charge on any atom is -0.383 e. The summed E-state index contributed by atoms with van der Waals surface area (Å²) < 4.78 is 0. The van der Waals surface area contributed by atoms with Crippen LogP contribution in [0.2, 0.25) is 5.02 Å². The van der Waals surface area contributed by atoms with Gasteiger partial charge in [0.2, 0.25) is 0 Å². The molecule has 1 N–H and O–H groups in total. The van der Waals surface area contributed by atoms with E-state index in [1.165, 1.54) is 22.5 Å². The van der Waals surface area contributed by atoms with Crippen LogP contribution in [0.15, 0.2) is 23.6 Å². The highest BCUT2D eigenvalue weighted by Gasteiger charge is 2.21. The summed E-state index contributed by atoms with van der Waals surface area (Å²) in [6.45, 7) is 10.7. The molecule has 1 aromatic carbocycles. The third-order valence-corrected chi connectivity index (χ3v) is 5.63. The Morgan fingerprint density at radius 1 is 1.05 bits per heavy atom. The summed E-state index contributed by atoms with van der Waals surface area (Å²) in [6.07, 6.45) is -0.644. The molecule has 0 amide bonds. The van der Waals surface area contributed by atoms with Crippen LogP contribution >= 0.6 is 22.9 Å². The Bertz CT molecular complexity index is 628. The van der Waals surface area contributed by atoms with Gasteiger partial charge in [0.15, 0.2) is 0 Å². The molecule has 0 spiro atoms. The molecule has 0 aliphatic carbocycles. The normalized spacial score (nSPS) is 13.2. The Morgan fingerprint density at radius 2 is 1.71 bits per heavy atom. The highest BCUT2D eigenvalue weighted by atomic mass is 35.5. The first kappa shape index (κ1) is 16.5. The van der Waals surface area contributed by atoms with Crippen molar-refractivity contribution in [2.75, 3.05) is 0 Å². The van der Waals surface area contributed by atoms with Crippen molar-refractivity contribution in [2.24, 2.45) is 0 Å². The fourth-order valence-electron chi connectivity index (χ4n) is 2.48. The van der Waals surface area contributed by atoms with Crippen LogP contribution in [0.1, 0.15) is 72.8 Å². The first-order chi connectivity index (χ1) is 9.82. The van der Waals surface area contributed by atoms with Crippen molar-refractivity contribution >= 4 is 22.9 Å². The predicted octanol–water partition coefficient (Wildman–Crippen LogP) is 6.04. The second kappa shape index (κ2) is 6.51. The van der Waals surface area contributed by atoms with E-state index in [0.29, 0.717) is 16.9 Å². The van der Waals surface area contributed by atoms with Crippen molar-refractivity contribution in [3.8, 4) is 0 Å². The van der Waals surface area contributed by atoms with Crippen molar-refractivity contribution in [3.05, 3.63) is 55.7 Å². The minimum atomic E-state index is -0.644. The molecule has 0 aliphatic heterocycles. The number of halogens is 1. The van der Waals surface area contributed by atoms with Crippen molar-refractivity contribution < 1.29 is 5.11 Å². The van der Waals surface area contributed by atoms with Gasteiger partial charge in [-0.2, -0.15) is 0 Å². The monoisotopic (exact) mass is 322 g/mol. The summed E-state index contributed by atoms with van der Waals surface area (Å²) in [5.41, 5.74) is 4.51. The number of aryl methyl sites for hydroxylation is 1. The molecule has 1 unspecified atom stereocenters. The highest BCUT2D eigenvalue weighted by molar-refractivity contribution is 7.10. The SMILES string of the molecule is Cc1csc(C(O)c2ccc(C(C)C)cc2C(C)C)c1Cl. The van der Waals surface area contributed by atoms with Crippen LogP contribution in [-0.4, -0.2) is 5.11 Å². The Balaban J connectivity index is 2.50. The van der Waals surface area contributed by atoms with E-state index in [2.05, 4.69) is 45.9 Å². The Morgan fingerprint density at radius 3 is 2.19 bits per heavy atom. The van der Waals surface area contributed by atoms with Gasteiger partial charge in [-0.1, -0.05) is 57.5 Å². The predicted molar refractivity (Wildman–Crippen MR) is 92.7 cm³/mol. The van der Waals surface area contributed by atoms with E-state index in [0.717, 1.165) is 16.0 Å². The average Bonchev–Trinajstić information content (AvgIpc) is 2.77. The molecule has 0 aliphatic rings. The molecule has 2 aromatic rings. The van der Waals surface area contributed by atoms with E-state index in [-0.39, 0.29) is 0 Å². The van der Waals surface area contributed by atoms with Gasteiger partial charge in [0.25, 0.3) is 0 Å². The van der Waals surface area contributed by atoms with Gasteiger partial charge in [0.05, 0.1) is 9.90 Å². The van der Waals surface area contributed by atoms with E-state index in [1.807, 2.05) is 12.3 Å². The zero-order valence-electron chi connectivity index (χ0n) is 13.3. The highest BCUT2D eigenvalue weighted by Crippen LogP contribution is 2.38. The van der Waals surface area contributed by atoms with Gasteiger partial charge in [-0.15, -0.1) is 11.3 Å². The molecule has 114 valence electrons. The molecule has 0 saturated heterocycles. The maximum absolute atomic E-state index is 10.8. The van der Waals surface area contributed by atoms with E-state index < -0.39 is 6.10 Å². The number of thiophene rings is 1. The molecule has 1 aromatic heterocycles. The third-order valence-electron chi connectivity index (χ3n) is 3.87. The molecule has 1 atom stereocenters. The average molecular weight is 323 g/mol. The standard InChI is InChI=1S/C18H23ClOS/c1-10(2)13-6-7-14(15(8-13)11(3)4)17(20)18-16(19)12(5)9-21-18/h6-11,17,20H,1-5H3. The van der Waals surface area contributed by atoms with E-state index in [1.54, 1.807) is 0 Å². The van der Waals surface area contributed by atoms with Crippen molar-refractivity contribution in [1.29, 1.82) is 0 Å². The molecule has 1 nitrogen and oxygen atoms in total. The number of hydrogen-bond donors (Lipinski definition) is 1. The van der Waals surface area contributed by atoms with Crippen molar-refractivity contribution in [2.45, 2.75) is 52.6 Å². The van der Waals surface area contributed by atoms with Crippen LogP contribution in [0, 0.1) is 6.92 Å². The van der Waals surface area contributed by atoms with Crippen LogP contribution in [0.25, 0.3) is 0 Å². The third kappa shape index (κ3) is 3.33. The molecule has 3 heteroatoms. The van der Waals surface area contributed by atoms with Crippen LogP contribution in [0.4, 0.5) is 0 Å². The smallest absolute Gasteiger partial charge is 0.115 e. The van der Waals surface area contributed by atoms with Crippen LogP contribution in [0.5, 0.6) is 0 Å². The van der Waals surface area contributed by atoms with Crippen molar-refractivity contribution in [1.82, 2.24) is 0 Å². The van der Waals surface area contributed by atoms with Gasteiger partial charge in [-0.25, -0.2) is 0 Å². The maximum atomic E-state index is 10.8. The maximum Gasteiger partial charge on any atom is 0.115 e. The topological polar surface area (TPSA) is 20.2 Å². The first-order valence-electron chi connectivity index (χ1n) is 7.38. The minimum absolute atomic E-state index is 0.369. The van der Waals surface area contributed by atoms with E-state index >= 15 is 0 Å². The van der Waals surface area contributed by atoms with Gasteiger partial charge in [0, 0.05) is 0 Å². The molecule has 0 fully saturated rings. The number of aliphatic hydroxyl groups excluding tert-OH is 1. The summed E-state index contributed by atoms with van der Waals surface area (Å²) in [5, 5.41) is 13.5. The van der Waals surface area contributed by atoms with Crippen LogP contribution < -0.4 is 0 Å². The Hall–Kier alpha value is -0.830. The van der Waals surface area contributed by atoms with Crippen LogP contribution in [-0.2, 0) is 0 Å². The second-order valence-electron chi connectivity index (χ2n) is 6.20. The fraction of sp³-hybridized carbons (Fsp3) is 0.444. The zero-order valence-corrected chi connectivity index (χ0v) is 14.8. The van der Waals surface area contributed by atoms with Crippen LogP contribution in [0.3, 0.4) is 0 Å². The van der Waals surface area contributed by atoms with Crippen molar-refractivity contribution in [3.63, 3.8) is 0 Å². The number of hydrogen-bond acceptors (Lipinski definition) is 2. The number of rotatable bonds is 4. The second-order valence-corrected chi connectivity index (χ2v) is 7.49. The fourth-order valence-corrected chi connectivity index (χ4v) is 3.77. The molecule has 2 rings (SSSR count). The summed E-state index contributed by atoms with van der Waals surface area (Å²) in [7, 11) is 0. The molecule has 0 saturated carbocycles. The Kier molecular flexibility index (Phi) is 5.13. The molecular formula is C18H23ClOS. The summed E-state index contributed by atoms with van der Waals surface area (Å²) in [4.78, 5) is 0.841. The van der Waals surface area contributed by atoms with Gasteiger partial charge in [0.1, 0.15) is 6.10 Å². The largest absolute Gasteiger partial charge is 0.383 e. The summed E-state index contributed by atoms with van der Waals surface area (Å²) in [6, 6.07) is 6.40. The lowest BCUT2D eigenvalue weighted by Gasteiger charge is -2.20. The van der Waals surface area contributed by atoms with Gasteiger partial charge >= 0.3 is 0 Å². The van der Waals surface area contributed by atoms with Gasteiger partial charge in [-0.3, -0.25) is 0 Å². The first-order valence-corrected chi connectivity index (χ1v) is 8.64.